The number of hydrogen-bond donors (Lipinski definition) is 5. The van der Waals surface area contributed by atoms with E-state index in [1.54, 1.807) is 6.92 Å². The Hall–Kier alpha value is -2.84. The second-order valence-electron chi connectivity index (χ2n) is 6.63. The molecule has 6 N–H and O–H groups in total. The van der Waals surface area contributed by atoms with E-state index < -0.39 is 52.6 Å². The van der Waals surface area contributed by atoms with Crippen molar-refractivity contribution in [1.29, 1.82) is 0 Å². The molecule has 0 bridgehead atoms. The minimum Gasteiger partial charge on any atom is -0.479 e. The maximum Gasteiger partial charge on any atom is 0.335 e. The molecular weight excluding hydrogens is 420 g/mol. The molecule has 0 saturated carbocycles. The van der Waals surface area contributed by atoms with E-state index in [4.69, 9.17) is 10.5 Å². The van der Waals surface area contributed by atoms with E-state index in [1.807, 2.05) is 0 Å². The normalized spacial score (nSPS) is 26.9. The minimum atomic E-state index is -4.53. The summed E-state index contributed by atoms with van der Waals surface area (Å²) in [5, 5.41) is 39.8. The van der Waals surface area contributed by atoms with Crippen molar-refractivity contribution in [3.8, 4) is 0 Å². The minimum absolute atomic E-state index is 0.273. The fraction of sp³-hybridized carbons (Fsp3) is 0.353. The lowest BCUT2D eigenvalue weighted by molar-refractivity contribution is -0.224. The zero-order chi connectivity index (χ0) is 22.2. The summed E-state index contributed by atoms with van der Waals surface area (Å²) >= 11 is 0. The van der Waals surface area contributed by atoms with Crippen LogP contribution in [0.1, 0.15) is 5.69 Å². The number of nitrogens with zero attached hydrogens (tertiary/aromatic N) is 3. The third kappa shape index (κ3) is 3.93. The van der Waals surface area contributed by atoms with Gasteiger partial charge in [-0.25, -0.2) is 27.5 Å². The molecule has 0 radical (unpaired) electrons. The first-order valence-corrected chi connectivity index (χ1v) is 10.1. The molecule has 2 aromatic rings. The number of aliphatic carboxylic acids is 1. The molecule has 30 heavy (non-hydrogen) atoms. The van der Waals surface area contributed by atoms with E-state index in [0.29, 0.717) is 15.7 Å². The van der Waals surface area contributed by atoms with Gasteiger partial charge in [0.1, 0.15) is 18.3 Å². The fourth-order valence-corrected chi connectivity index (χ4v) is 4.37. The number of carboxylic acids is 1. The van der Waals surface area contributed by atoms with Crippen molar-refractivity contribution in [3.05, 3.63) is 42.2 Å². The van der Waals surface area contributed by atoms with Gasteiger partial charge in [0.2, 0.25) is 5.95 Å². The maximum absolute atomic E-state index is 13.4. The van der Waals surface area contributed by atoms with Gasteiger partial charge in [-0.15, -0.1) is 0 Å². The van der Waals surface area contributed by atoms with Gasteiger partial charge in [-0.05, 0) is 37.3 Å². The number of anilines is 2. The van der Waals surface area contributed by atoms with Gasteiger partial charge >= 0.3 is 5.97 Å². The van der Waals surface area contributed by atoms with Gasteiger partial charge in [0.15, 0.2) is 12.3 Å². The number of hydrogen-bond acceptors (Lipinski definition) is 10. The highest BCUT2D eigenvalue weighted by molar-refractivity contribution is 7.92. The van der Waals surface area contributed by atoms with Crippen LogP contribution in [0.25, 0.3) is 0 Å². The molecular formula is C17H20N4O8S. The lowest BCUT2D eigenvalue weighted by Crippen LogP contribution is -2.65. The first kappa shape index (κ1) is 21.9. The lowest BCUT2D eigenvalue weighted by atomic mass is 9.98. The van der Waals surface area contributed by atoms with Crippen LogP contribution in [0.15, 0.2) is 41.4 Å². The van der Waals surface area contributed by atoms with Crippen molar-refractivity contribution >= 4 is 27.6 Å². The van der Waals surface area contributed by atoms with Crippen LogP contribution in [0.4, 0.5) is 11.6 Å². The molecule has 1 aliphatic heterocycles. The summed E-state index contributed by atoms with van der Waals surface area (Å²) in [5.74, 6) is -2.09. The second-order valence-corrected chi connectivity index (χ2v) is 8.44. The number of nitrogens with two attached hydrogens (primary N) is 1. The predicted molar refractivity (Wildman–Crippen MR) is 102 cm³/mol. The smallest absolute Gasteiger partial charge is 0.335 e. The Morgan fingerprint density at radius 3 is 2.30 bits per heavy atom. The van der Waals surface area contributed by atoms with Crippen molar-refractivity contribution in [3.63, 3.8) is 0 Å². The zero-order valence-electron chi connectivity index (χ0n) is 15.6. The van der Waals surface area contributed by atoms with E-state index in [0.717, 1.165) is 0 Å². The summed E-state index contributed by atoms with van der Waals surface area (Å²) in [5.41, 5.74) is 6.27. The molecule has 1 fully saturated rings. The SMILES string of the molecule is Cc1ccnc(N([C@@H]2O[C@H](C(=O)O)[C@@H](O)[C@H](O)C2O)S(=O)(=O)c2ccc(N)cc2)n1. The number of aliphatic hydroxyl groups is 3. The molecule has 1 unspecified atom stereocenters. The highest BCUT2D eigenvalue weighted by atomic mass is 32.2. The Labute approximate surface area is 171 Å². The van der Waals surface area contributed by atoms with Gasteiger partial charge in [0, 0.05) is 17.6 Å². The van der Waals surface area contributed by atoms with Crippen LogP contribution in [0.3, 0.4) is 0 Å². The Morgan fingerprint density at radius 1 is 1.10 bits per heavy atom. The van der Waals surface area contributed by atoms with Crippen LogP contribution in [-0.2, 0) is 19.6 Å². The Bertz CT molecular complexity index is 1030. The molecule has 0 aliphatic carbocycles. The number of aryl methyl sites for hydroxylation is 1. The molecule has 2 heterocycles. The van der Waals surface area contributed by atoms with Crippen molar-refractivity contribution in [2.75, 3.05) is 10.0 Å². The van der Waals surface area contributed by atoms with Crippen LogP contribution in [-0.4, -0.2) is 75.4 Å². The number of carboxylic acid groups (broad SMARTS) is 1. The summed E-state index contributed by atoms with van der Waals surface area (Å²) in [6, 6.07) is 6.55. The highest BCUT2D eigenvalue weighted by Crippen LogP contribution is 2.31. The number of carbonyl (C=O) groups is 1. The van der Waals surface area contributed by atoms with Gasteiger partial charge in [0.25, 0.3) is 10.0 Å². The lowest BCUT2D eigenvalue weighted by Gasteiger charge is -2.42. The number of aliphatic hydroxyl groups excluding tert-OH is 3. The summed E-state index contributed by atoms with van der Waals surface area (Å²) in [6.07, 6.45) is -8.72. The van der Waals surface area contributed by atoms with Gasteiger partial charge in [0.05, 0.1) is 4.90 Å². The van der Waals surface area contributed by atoms with E-state index in [2.05, 4.69) is 9.97 Å². The number of aromatic nitrogens is 2. The number of nitrogen functional groups attached to an aromatic ring is 1. The van der Waals surface area contributed by atoms with Crippen LogP contribution in [0.5, 0.6) is 0 Å². The molecule has 0 amide bonds. The molecule has 5 atom stereocenters. The molecule has 12 nitrogen and oxygen atoms in total. The fourth-order valence-electron chi connectivity index (χ4n) is 2.91. The maximum atomic E-state index is 13.4. The topological polar surface area (TPSA) is 196 Å². The highest BCUT2D eigenvalue weighted by Gasteiger charge is 2.52. The van der Waals surface area contributed by atoms with Crippen molar-refractivity contribution in [2.24, 2.45) is 0 Å². The van der Waals surface area contributed by atoms with Gasteiger partial charge < -0.3 is 30.9 Å². The van der Waals surface area contributed by atoms with E-state index >= 15 is 0 Å². The number of ether oxygens (including phenoxy) is 1. The van der Waals surface area contributed by atoms with E-state index in [9.17, 15) is 33.6 Å². The Morgan fingerprint density at radius 2 is 1.73 bits per heavy atom. The van der Waals surface area contributed by atoms with E-state index in [1.165, 1.54) is 36.5 Å². The summed E-state index contributed by atoms with van der Waals surface area (Å²) in [7, 11) is -4.53. The van der Waals surface area contributed by atoms with Crippen LogP contribution >= 0.6 is 0 Å². The second kappa shape index (κ2) is 8.12. The monoisotopic (exact) mass is 440 g/mol. The first-order valence-electron chi connectivity index (χ1n) is 8.66. The molecule has 1 aromatic heterocycles. The van der Waals surface area contributed by atoms with E-state index in [-0.39, 0.29) is 4.90 Å². The largest absolute Gasteiger partial charge is 0.479 e. The molecule has 0 spiro atoms. The zero-order valence-corrected chi connectivity index (χ0v) is 16.4. The summed E-state index contributed by atoms with van der Waals surface area (Å²) < 4.78 is 32.5. The molecule has 1 aliphatic rings. The van der Waals surface area contributed by atoms with Crippen molar-refractivity contribution in [2.45, 2.75) is 42.5 Å². The molecule has 162 valence electrons. The van der Waals surface area contributed by atoms with Crippen molar-refractivity contribution < 1.29 is 38.4 Å². The third-order valence-corrected chi connectivity index (χ3v) is 6.24. The third-order valence-electron chi connectivity index (χ3n) is 4.48. The van der Waals surface area contributed by atoms with Crippen molar-refractivity contribution in [1.82, 2.24) is 9.97 Å². The quantitative estimate of drug-likeness (QED) is 0.338. The molecule has 1 aromatic carbocycles. The number of rotatable bonds is 5. The molecule has 1 saturated heterocycles. The van der Waals surface area contributed by atoms with Gasteiger partial charge in [-0.2, -0.15) is 0 Å². The van der Waals surface area contributed by atoms with Crippen LogP contribution < -0.4 is 10.0 Å². The first-order chi connectivity index (χ1) is 14.0. The van der Waals surface area contributed by atoms with Crippen LogP contribution in [0, 0.1) is 6.92 Å². The Kier molecular flexibility index (Phi) is 5.92. The average Bonchev–Trinajstić information content (AvgIpc) is 2.68. The Balaban J connectivity index is 2.17. The summed E-state index contributed by atoms with van der Waals surface area (Å²) in [4.78, 5) is 19.1. The molecule has 3 rings (SSSR count). The average molecular weight is 440 g/mol. The van der Waals surface area contributed by atoms with Gasteiger partial charge in [-0.1, -0.05) is 0 Å². The number of benzene rings is 1. The van der Waals surface area contributed by atoms with Crippen LogP contribution in [0.2, 0.25) is 0 Å². The van der Waals surface area contributed by atoms with Gasteiger partial charge in [-0.3, -0.25) is 0 Å². The standard InChI is InChI=1S/C17H20N4O8S/c1-8-6-7-19-17(20-8)21(30(27,28)10-4-2-9(18)3-5-10)15-13(24)11(22)12(23)14(29-15)16(25)26/h2-7,11-15,22-24H,18H2,1H3,(H,25,26)/t11-,12-,13?,14-,15+/m0/s1. The molecule has 13 heteroatoms. The summed E-state index contributed by atoms with van der Waals surface area (Å²) in [6.45, 7) is 1.57. The number of sulfonamides is 1. The predicted octanol–water partition coefficient (Wildman–Crippen LogP) is -1.55.